The number of aromatic hydroxyl groups is 1. The molecule has 144 valence electrons. The first kappa shape index (κ1) is 19.8. The highest BCUT2D eigenvalue weighted by Crippen LogP contribution is 2.20. The van der Waals surface area contributed by atoms with E-state index in [2.05, 4.69) is 31.6 Å². The van der Waals surface area contributed by atoms with Gasteiger partial charge in [0.2, 0.25) is 0 Å². The monoisotopic (exact) mass is 442 g/mol. The minimum atomic E-state index is -0.535. The molecule has 2 N–H and O–H groups in total. The van der Waals surface area contributed by atoms with E-state index in [1.165, 1.54) is 17.0 Å². The zero-order valence-corrected chi connectivity index (χ0v) is 16.8. The van der Waals surface area contributed by atoms with Crippen LogP contribution in [0.3, 0.4) is 0 Å². The van der Waals surface area contributed by atoms with Gasteiger partial charge in [0.05, 0.1) is 11.6 Å². The molecule has 0 aliphatic rings. The van der Waals surface area contributed by atoms with Gasteiger partial charge in [0.25, 0.3) is 11.5 Å². The summed E-state index contributed by atoms with van der Waals surface area (Å²) in [5.41, 5.74) is 2.77. The molecule has 3 aromatic rings. The Morgan fingerprint density at radius 3 is 2.79 bits per heavy atom. The normalized spacial score (nSPS) is 11.2. The maximum absolute atomic E-state index is 12.7. The average Bonchev–Trinajstić information content (AvgIpc) is 2.70. The van der Waals surface area contributed by atoms with Crippen LogP contribution in [0.1, 0.15) is 35.8 Å². The van der Waals surface area contributed by atoms with E-state index >= 15 is 0 Å². The molecule has 0 unspecified atom stereocenters. The Balaban J connectivity index is 1.92. The summed E-state index contributed by atoms with van der Waals surface area (Å²) in [5, 5.41) is 18.9. The van der Waals surface area contributed by atoms with E-state index < -0.39 is 5.91 Å². The van der Waals surface area contributed by atoms with Crippen LogP contribution >= 0.6 is 15.9 Å². The van der Waals surface area contributed by atoms with Gasteiger partial charge in [0.1, 0.15) is 5.75 Å². The molecule has 0 fully saturated rings. The zero-order chi connectivity index (χ0) is 20.1. The third kappa shape index (κ3) is 4.28. The maximum atomic E-state index is 12.7. The van der Waals surface area contributed by atoms with Crippen molar-refractivity contribution < 1.29 is 9.90 Å². The Morgan fingerprint density at radius 1 is 1.29 bits per heavy atom. The molecule has 0 saturated carbocycles. The summed E-state index contributed by atoms with van der Waals surface area (Å²) in [7, 11) is 0. The highest BCUT2D eigenvalue weighted by Gasteiger charge is 2.16. The van der Waals surface area contributed by atoms with Gasteiger partial charge >= 0.3 is 0 Å². The van der Waals surface area contributed by atoms with Crippen LogP contribution in [0.25, 0.3) is 10.8 Å². The number of benzene rings is 2. The van der Waals surface area contributed by atoms with Crippen LogP contribution in [0.15, 0.2) is 56.8 Å². The van der Waals surface area contributed by atoms with Gasteiger partial charge in [-0.2, -0.15) is 10.2 Å². The first-order chi connectivity index (χ1) is 13.5. The van der Waals surface area contributed by atoms with E-state index in [0.717, 1.165) is 17.3 Å². The molecule has 0 aliphatic heterocycles. The van der Waals surface area contributed by atoms with Crippen LogP contribution in [0.4, 0.5) is 0 Å². The lowest BCUT2D eigenvalue weighted by Gasteiger charge is -2.09. The SMILES string of the molecule is CCCCn1nc(C(=O)N/N=C/c2cc(Br)ccc2O)c2ccccc2c1=O. The zero-order valence-electron chi connectivity index (χ0n) is 15.2. The second kappa shape index (κ2) is 8.79. The summed E-state index contributed by atoms with van der Waals surface area (Å²) >= 11 is 3.31. The van der Waals surface area contributed by atoms with Gasteiger partial charge in [-0.25, -0.2) is 10.1 Å². The smallest absolute Gasteiger partial charge is 0.292 e. The fourth-order valence-corrected chi connectivity index (χ4v) is 3.08. The standard InChI is InChI=1S/C20H19BrN4O3/c1-2-3-10-25-20(28)16-7-5-4-6-15(16)18(24-25)19(27)23-22-12-13-11-14(21)8-9-17(13)26/h4-9,11-12,26H,2-3,10H2,1H3,(H,23,27)/b22-12+. The number of aromatic nitrogens is 2. The van der Waals surface area contributed by atoms with Gasteiger partial charge in [-0.1, -0.05) is 47.5 Å². The lowest BCUT2D eigenvalue weighted by atomic mass is 10.1. The van der Waals surface area contributed by atoms with Gasteiger partial charge < -0.3 is 5.11 Å². The molecule has 0 aliphatic carbocycles. The molecule has 0 atom stereocenters. The van der Waals surface area contributed by atoms with Crippen molar-refractivity contribution in [1.82, 2.24) is 15.2 Å². The molecule has 2 aromatic carbocycles. The summed E-state index contributed by atoms with van der Waals surface area (Å²) in [5.74, 6) is -0.495. The van der Waals surface area contributed by atoms with E-state index in [1.54, 1.807) is 36.4 Å². The molecular weight excluding hydrogens is 424 g/mol. The van der Waals surface area contributed by atoms with Gasteiger partial charge in [0.15, 0.2) is 5.69 Å². The number of hydrogen-bond acceptors (Lipinski definition) is 5. The highest BCUT2D eigenvalue weighted by atomic mass is 79.9. The summed E-state index contributed by atoms with van der Waals surface area (Å²) in [6.07, 6.45) is 3.03. The Labute approximate surface area is 169 Å². The van der Waals surface area contributed by atoms with Gasteiger partial charge in [-0.15, -0.1) is 0 Å². The number of hydrazone groups is 1. The molecule has 1 aromatic heterocycles. The van der Waals surface area contributed by atoms with Gasteiger partial charge in [-0.05, 0) is 30.7 Å². The van der Waals surface area contributed by atoms with Crippen LogP contribution in [-0.2, 0) is 6.54 Å². The number of amides is 1. The van der Waals surface area contributed by atoms with Crippen LogP contribution in [0.2, 0.25) is 0 Å². The molecule has 0 spiro atoms. The number of phenolic OH excluding ortho intramolecular Hbond substituents is 1. The van der Waals surface area contributed by atoms with Crippen molar-refractivity contribution in [2.45, 2.75) is 26.3 Å². The highest BCUT2D eigenvalue weighted by molar-refractivity contribution is 9.10. The number of halogens is 1. The van der Waals surface area contributed by atoms with Crippen molar-refractivity contribution in [3.05, 3.63) is 68.5 Å². The Hall–Kier alpha value is -3.00. The van der Waals surface area contributed by atoms with Crippen LogP contribution in [0.5, 0.6) is 5.75 Å². The fraction of sp³-hybridized carbons (Fsp3) is 0.200. The predicted molar refractivity (Wildman–Crippen MR) is 112 cm³/mol. The quantitative estimate of drug-likeness (QED) is 0.451. The number of phenols is 1. The number of carbonyl (C=O) groups excluding carboxylic acids is 1. The molecule has 28 heavy (non-hydrogen) atoms. The molecule has 1 heterocycles. The number of aryl methyl sites for hydroxylation is 1. The fourth-order valence-electron chi connectivity index (χ4n) is 2.70. The maximum Gasteiger partial charge on any atom is 0.292 e. The van der Waals surface area contributed by atoms with Crippen molar-refractivity contribution in [3.8, 4) is 5.75 Å². The minimum absolute atomic E-state index is 0.0397. The summed E-state index contributed by atoms with van der Waals surface area (Å²) in [6, 6.07) is 11.8. The van der Waals surface area contributed by atoms with Gasteiger partial charge in [-0.3, -0.25) is 9.59 Å². The summed E-state index contributed by atoms with van der Waals surface area (Å²) in [4.78, 5) is 25.2. The number of rotatable bonds is 6. The van der Waals surface area contributed by atoms with E-state index in [9.17, 15) is 14.7 Å². The van der Waals surface area contributed by atoms with Crippen LogP contribution in [-0.4, -0.2) is 27.0 Å². The Bertz CT molecular complexity index is 1110. The van der Waals surface area contributed by atoms with Crippen molar-refractivity contribution in [1.29, 1.82) is 0 Å². The molecule has 1 amide bonds. The molecule has 0 radical (unpaired) electrons. The van der Waals surface area contributed by atoms with Crippen LogP contribution < -0.4 is 11.0 Å². The summed E-state index contributed by atoms with van der Waals surface area (Å²) in [6.45, 7) is 2.46. The number of fused-ring (bicyclic) bond motifs is 1. The van der Waals surface area contributed by atoms with E-state index in [0.29, 0.717) is 22.9 Å². The summed E-state index contributed by atoms with van der Waals surface area (Å²) < 4.78 is 2.10. The lowest BCUT2D eigenvalue weighted by Crippen LogP contribution is -2.29. The number of hydrogen-bond donors (Lipinski definition) is 2. The first-order valence-electron chi connectivity index (χ1n) is 8.83. The molecule has 7 nitrogen and oxygen atoms in total. The van der Waals surface area contributed by atoms with Crippen molar-refractivity contribution in [2.24, 2.45) is 5.10 Å². The van der Waals surface area contributed by atoms with Crippen molar-refractivity contribution in [2.75, 3.05) is 0 Å². The number of carbonyl (C=O) groups is 1. The lowest BCUT2D eigenvalue weighted by molar-refractivity contribution is 0.0949. The molecule has 8 heteroatoms. The third-order valence-corrected chi connectivity index (χ3v) is 4.66. The number of unbranched alkanes of at least 4 members (excludes halogenated alkanes) is 1. The first-order valence-corrected chi connectivity index (χ1v) is 9.62. The van der Waals surface area contributed by atoms with Crippen molar-refractivity contribution in [3.63, 3.8) is 0 Å². The second-order valence-corrected chi connectivity index (χ2v) is 7.09. The van der Waals surface area contributed by atoms with Crippen LogP contribution in [0, 0.1) is 0 Å². The Morgan fingerprint density at radius 2 is 2.04 bits per heavy atom. The molecule has 0 saturated heterocycles. The molecular formula is C20H19BrN4O3. The van der Waals surface area contributed by atoms with Gasteiger partial charge in [0, 0.05) is 22.0 Å². The largest absolute Gasteiger partial charge is 0.507 e. The Kier molecular flexibility index (Phi) is 6.20. The third-order valence-electron chi connectivity index (χ3n) is 4.17. The number of nitrogens with zero attached hydrogens (tertiary/aromatic N) is 3. The molecule has 0 bridgehead atoms. The topological polar surface area (TPSA) is 96.6 Å². The predicted octanol–water partition coefficient (Wildman–Crippen LogP) is 3.43. The van der Waals surface area contributed by atoms with E-state index in [1.807, 2.05) is 6.92 Å². The van der Waals surface area contributed by atoms with Crippen molar-refractivity contribution >= 4 is 38.8 Å². The molecule has 3 rings (SSSR count). The number of nitrogens with one attached hydrogen (secondary N) is 1. The van der Waals surface area contributed by atoms with E-state index in [4.69, 9.17) is 0 Å². The second-order valence-electron chi connectivity index (χ2n) is 6.18. The minimum Gasteiger partial charge on any atom is -0.507 e. The van der Waals surface area contributed by atoms with E-state index in [-0.39, 0.29) is 17.0 Å². The average molecular weight is 443 g/mol.